The summed E-state index contributed by atoms with van der Waals surface area (Å²) in [7, 11) is 0. The zero-order chi connectivity index (χ0) is 23.1. The average molecular weight is 525 g/mol. The van der Waals surface area contributed by atoms with Crippen molar-refractivity contribution in [1.29, 1.82) is 0 Å². The van der Waals surface area contributed by atoms with Crippen LogP contribution in [0.4, 0.5) is 5.69 Å². The summed E-state index contributed by atoms with van der Waals surface area (Å²) < 4.78 is 2.54. The molecule has 5 aromatic rings. The third kappa shape index (κ3) is 3.69. The number of fused-ring (bicyclic) bond motifs is 1. The Morgan fingerprint density at radius 2 is 1.68 bits per heavy atom. The van der Waals surface area contributed by atoms with Gasteiger partial charge in [0.25, 0.3) is 5.56 Å². The van der Waals surface area contributed by atoms with Crippen molar-refractivity contribution in [2.45, 2.75) is 0 Å². The van der Waals surface area contributed by atoms with Gasteiger partial charge in [0, 0.05) is 38.3 Å². The predicted octanol–water partition coefficient (Wildman–Crippen LogP) is 6.98. The van der Waals surface area contributed by atoms with Crippen LogP contribution in [-0.4, -0.2) is 21.0 Å². The minimum absolute atomic E-state index is 0.152. The number of thiazole rings is 1. The van der Waals surface area contributed by atoms with Crippen molar-refractivity contribution in [3.05, 3.63) is 110 Å². The van der Waals surface area contributed by atoms with Gasteiger partial charge in [0.2, 0.25) is 5.13 Å². The van der Waals surface area contributed by atoms with Gasteiger partial charge in [-0.25, -0.2) is 4.98 Å². The second-order valence-electron chi connectivity index (χ2n) is 7.80. The first kappa shape index (κ1) is 20.8. The molecule has 1 aliphatic heterocycles. The van der Waals surface area contributed by atoms with E-state index in [0.717, 1.165) is 43.8 Å². The number of hydrogen-bond donors (Lipinski definition) is 1. The van der Waals surface area contributed by atoms with Crippen LogP contribution in [0.5, 0.6) is 0 Å². The molecule has 34 heavy (non-hydrogen) atoms. The van der Waals surface area contributed by atoms with Crippen LogP contribution in [0, 0.1) is 0 Å². The first-order valence-electron chi connectivity index (χ1n) is 10.6. The molecule has 3 heterocycles. The van der Waals surface area contributed by atoms with Gasteiger partial charge in [-0.05, 0) is 24.3 Å². The standard InChI is InChI=1S/C27H17BrN4OS/c28-20-12-10-17(11-13-20)24-16-34-27(30-24)32-26(33)22(25(31-32)18-6-2-1-3-7-18)14-19-15-29-23-9-5-4-8-21(19)23/h1-16,31H. The van der Waals surface area contributed by atoms with Gasteiger partial charge in [0.15, 0.2) is 0 Å². The van der Waals surface area contributed by atoms with Crippen LogP contribution in [0.1, 0.15) is 11.1 Å². The quantitative estimate of drug-likeness (QED) is 0.275. The van der Waals surface area contributed by atoms with Crippen LogP contribution >= 0.6 is 27.3 Å². The highest BCUT2D eigenvalue weighted by atomic mass is 79.9. The van der Waals surface area contributed by atoms with Crippen molar-refractivity contribution in [2.24, 2.45) is 4.99 Å². The lowest BCUT2D eigenvalue weighted by atomic mass is 10.0. The summed E-state index contributed by atoms with van der Waals surface area (Å²) in [6, 6.07) is 25.8. The number of nitrogens with zero attached hydrogens (tertiary/aromatic N) is 3. The summed E-state index contributed by atoms with van der Waals surface area (Å²) >= 11 is 4.89. The number of aromatic amines is 1. The molecule has 164 valence electrons. The molecule has 2 aromatic heterocycles. The normalized spacial score (nSPS) is 13.5. The van der Waals surface area contributed by atoms with Crippen molar-refractivity contribution in [2.75, 3.05) is 0 Å². The average Bonchev–Trinajstić information content (AvgIpc) is 3.59. The highest BCUT2D eigenvalue weighted by Gasteiger charge is 2.20. The summed E-state index contributed by atoms with van der Waals surface area (Å²) in [5.41, 5.74) is 6.75. The van der Waals surface area contributed by atoms with Crippen molar-refractivity contribution >= 4 is 50.8 Å². The number of aliphatic imine (C=N–C) groups is 1. The Hall–Kier alpha value is -3.81. The molecule has 5 nitrogen and oxygen atoms in total. The number of para-hydroxylation sites is 1. The maximum absolute atomic E-state index is 13.7. The zero-order valence-electron chi connectivity index (χ0n) is 17.8. The Bertz CT molecular complexity index is 1630. The fourth-order valence-electron chi connectivity index (χ4n) is 3.97. The van der Waals surface area contributed by atoms with Crippen LogP contribution in [0.15, 0.2) is 98.5 Å². The third-order valence-electron chi connectivity index (χ3n) is 5.67. The van der Waals surface area contributed by atoms with Gasteiger partial charge >= 0.3 is 0 Å². The number of allylic oxidation sites excluding steroid dienone is 1. The van der Waals surface area contributed by atoms with Gasteiger partial charge < -0.3 is 0 Å². The van der Waals surface area contributed by atoms with Crippen LogP contribution in [0.25, 0.3) is 39.3 Å². The van der Waals surface area contributed by atoms with Gasteiger partial charge in [0.05, 0.1) is 22.6 Å². The summed E-state index contributed by atoms with van der Waals surface area (Å²) in [6.07, 6.45) is 3.72. The monoisotopic (exact) mass is 524 g/mol. The van der Waals surface area contributed by atoms with Crippen LogP contribution < -0.4 is 5.56 Å². The molecule has 1 aliphatic rings. The smallest absolute Gasteiger partial charge is 0.281 e. The van der Waals surface area contributed by atoms with Gasteiger partial charge in [-0.15, -0.1) is 11.3 Å². The summed E-state index contributed by atoms with van der Waals surface area (Å²) in [4.78, 5) is 22.9. The zero-order valence-corrected chi connectivity index (χ0v) is 20.2. The van der Waals surface area contributed by atoms with E-state index in [1.807, 2.05) is 96.5 Å². The van der Waals surface area contributed by atoms with Crippen LogP contribution in [-0.2, 0) is 0 Å². The van der Waals surface area contributed by atoms with E-state index >= 15 is 0 Å². The first-order chi connectivity index (χ1) is 16.7. The number of aromatic nitrogens is 3. The second-order valence-corrected chi connectivity index (χ2v) is 9.56. The number of halogens is 1. The maximum atomic E-state index is 13.7. The van der Waals surface area contributed by atoms with Crippen molar-refractivity contribution in [1.82, 2.24) is 14.8 Å². The number of rotatable bonds is 4. The summed E-state index contributed by atoms with van der Waals surface area (Å²) in [5.74, 6) is 0. The number of hydrogen-bond acceptors (Lipinski definition) is 4. The van der Waals surface area contributed by atoms with E-state index in [2.05, 4.69) is 26.0 Å². The Kier molecular flexibility index (Phi) is 5.20. The Labute approximate surface area is 207 Å². The molecule has 0 unspecified atom stereocenters. The Morgan fingerprint density at radius 3 is 2.50 bits per heavy atom. The molecule has 0 amide bonds. The molecule has 0 fully saturated rings. The lowest BCUT2D eigenvalue weighted by Gasteiger charge is -2.01. The Balaban J connectivity index is 1.49. The predicted molar refractivity (Wildman–Crippen MR) is 143 cm³/mol. The second kappa shape index (κ2) is 8.52. The van der Waals surface area contributed by atoms with E-state index in [-0.39, 0.29) is 5.56 Å². The van der Waals surface area contributed by atoms with Gasteiger partial charge in [0.1, 0.15) is 0 Å². The minimum Gasteiger partial charge on any atom is -0.288 e. The number of benzene rings is 3. The highest BCUT2D eigenvalue weighted by molar-refractivity contribution is 9.10. The maximum Gasteiger partial charge on any atom is 0.281 e. The van der Waals surface area contributed by atoms with E-state index < -0.39 is 0 Å². The molecule has 0 saturated carbocycles. The van der Waals surface area contributed by atoms with E-state index in [1.54, 1.807) is 0 Å². The van der Waals surface area contributed by atoms with E-state index in [4.69, 9.17) is 4.98 Å². The van der Waals surface area contributed by atoms with Gasteiger partial charge in [-0.1, -0.05) is 76.6 Å². The highest BCUT2D eigenvalue weighted by Crippen LogP contribution is 2.33. The molecule has 0 radical (unpaired) electrons. The summed E-state index contributed by atoms with van der Waals surface area (Å²) in [5, 5.41) is 5.86. The minimum atomic E-state index is -0.152. The fraction of sp³-hybridized carbons (Fsp3) is 0. The lowest BCUT2D eigenvalue weighted by Crippen LogP contribution is -2.15. The molecular formula is C27H17BrN4OS. The van der Waals surface area contributed by atoms with Crippen molar-refractivity contribution in [3.63, 3.8) is 0 Å². The van der Waals surface area contributed by atoms with Crippen molar-refractivity contribution in [3.8, 4) is 27.6 Å². The fourth-order valence-corrected chi connectivity index (χ4v) is 5.03. The number of nitrogens with one attached hydrogen (secondary N) is 1. The Morgan fingerprint density at radius 1 is 0.912 bits per heavy atom. The topological polar surface area (TPSA) is 63.0 Å². The molecular weight excluding hydrogens is 508 g/mol. The lowest BCUT2D eigenvalue weighted by molar-refractivity contribution is 0.843. The molecule has 3 aromatic carbocycles. The molecule has 1 N–H and O–H groups in total. The SMILES string of the molecule is O=c1c(C=C2C=Nc3ccccc32)c(-c2ccccc2)[nH]n1-c1nc(-c2ccc(Br)cc2)cs1. The number of H-pyrrole nitrogens is 1. The van der Waals surface area contributed by atoms with Gasteiger partial charge in [-0.2, -0.15) is 4.68 Å². The van der Waals surface area contributed by atoms with Crippen LogP contribution in [0.3, 0.4) is 0 Å². The largest absolute Gasteiger partial charge is 0.288 e. The van der Waals surface area contributed by atoms with Gasteiger partial charge in [-0.3, -0.25) is 14.9 Å². The molecule has 6 rings (SSSR count). The van der Waals surface area contributed by atoms with E-state index in [9.17, 15) is 4.79 Å². The van der Waals surface area contributed by atoms with E-state index in [0.29, 0.717) is 10.7 Å². The van der Waals surface area contributed by atoms with E-state index in [1.165, 1.54) is 16.0 Å². The molecule has 0 saturated heterocycles. The molecule has 0 bridgehead atoms. The third-order valence-corrected chi connectivity index (χ3v) is 7.02. The molecule has 0 atom stereocenters. The molecule has 0 aliphatic carbocycles. The van der Waals surface area contributed by atoms with Crippen molar-refractivity contribution < 1.29 is 0 Å². The summed E-state index contributed by atoms with van der Waals surface area (Å²) in [6.45, 7) is 0. The van der Waals surface area contributed by atoms with Crippen LogP contribution in [0.2, 0.25) is 0 Å². The first-order valence-corrected chi connectivity index (χ1v) is 12.3. The molecule has 7 heteroatoms. The molecule has 0 spiro atoms.